The van der Waals surface area contributed by atoms with Crippen LogP contribution < -0.4 is 11.3 Å². The van der Waals surface area contributed by atoms with Gasteiger partial charge in [-0.3, -0.25) is 4.79 Å². The summed E-state index contributed by atoms with van der Waals surface area (Å²) in [7, 11) is 0. The molecule has 18 heavy (non-hydrogen) atoms. The van der Waals surface area contributed by atoms with Crippen LogP contribution >= 0.6 is 15.9 Å². The predicted molar refractivity (Wildman–Crippen MR) is 72.2 cm³/mol. The first-order chi connectivity index (χ1) is 8.61. The molecule has 2 rings (SSSR count). The number of pyridine rings is 1. The van der Waals surface area contributed by atoms with Gasteiger partial charge >= 0.3 is 0 Å². The van der Waals surface area contributed by atoms with E-state index in [2.05, 4.69) is 32.9 Å². The zero-order chi connectivity index (χ0) is 13.1. The maximum absolute atomic E-state index is 11.9. The van der Waals surface area contributed by atoms with Crippen LogP contribution in [0.15, 0.2) is 27.9 Å². The number of nitrogens with two attached hydrogens (primary N) is 1. The lowest BCUT2D eigenvalue weighted by Crippen LogP contribution is -2.23. The van der Waals surface area contributed by atoms with Gasteiger partial charge in [0.15, 0.2) is 0 Å². The molecule has 2 N–H and O–H groups in total. The number of aryl methyl sites for hydroxylation is 1. The van der Waals surface area contributed by atoms with Crippen molar-refractivity contribution >= 4 is 21.6 Å². The number of halogens is 1. The van der Waals surface area contributed by atoms with Gasteiger partial charge in [0.2, 0.25) is 0 Å². The van der Waals surface area contributed by atoms with E-state index < -0.39 is 0 Å². The van der Waals surface area contributed by atoms with Gasteiger partial charge in [-0.25, -0.2) is 9.67 Å². The van der Waals surface area contributed by atoms with Gasteiger partial charge in [0, 0.05) is 18.4 Å². The zero-order valence-electron chi connectivity index (χ0n) is 10.0. The van der Waals surface area contributed by atoms with Crippen molar-refractivity contribution in [2.75, 3.05) is 5.73 Å². The summed E-state index contributed by atoms with van der Waals surface area (Å²) in [5.74, 6) is 0.747. The van der Waals surface area contributed by atoms with Crippen LogP contribution in [0.4, 0.5) is 5.69 Å². The Kier molecular flexibility index (Phi) is 3.81. The molecule has 2 aromatic heterocycles. The van der Waals surface area contributed by atoms with E-state index in [-0.39, 0.29) is 5.56 Å². The topological polar surface area (TPSA) is 78.7 Å². The monoisotopic (exact) mass is 311 g/mol. The Morgan fingerprint density at radius 3 is 3.00 bits per heavy atom. The summed E-state index contributed by atoms with van der Waals surface area (Å²) in [5.41, 5.74) is 6.12. The Morgan fingerprint density at radius 1 is 1.50 bits per heavy atom. The predicted octanol–water partition coefficient (Wildman–Crippen LogP) is 1.24. The van der Waals surface area contributed by atoms with Crippen molar-refractivity contribution in [3.8, 4) is 0 Å². The molecule has 0 spiro atoms. The Bertz CT molecular complexity index is 604. The molecule has 0 bridgehead atoms. The van der Waals surface area contributed by atoms with Crippen LogP contribution in [0.2, 0.25) is 0 Å². The van der Waals surface area contributed by atoms with Crippen LogP contribution in [0.5, 0.6) is 0 Å². The molecule has 0 saturated heterocycles. The third-order valence-electron chi connectivity index (χ3n) is 2.51. The highest BCUT2D eigenvalue weighted by Gasteiger charge is 2.08. The molecule has 0 unspecified atom stereocenters. The number of anilines is 1. The van der Waals surface area contributed by atoms with E-state index in [0.29, 0.717) is 16.7 Å². The van der Waals surface area contributed by atoms with Gasteiger partial charge in [-0.05, 0) is 28.4 Å². The second-order valence-electron chi connectivity index (χ2n) is 3.95. The minimum Gasteiger partial charge on any atom is -0.398 e. The third kappa shape index (κ3) is 2.61. The van der Waals surface area contributed by atoms with Gasteiger partial charge in [-0.2, -0.15) is 5.10 Å². The van der Waals surface area contributed by atoms with Crippen molar-refractivity contribution < 1.29 is 0 Å². The molecule has 0 saturated carbocycles. The molecule has 96 valence electrons. The number of rotatable bonds is 4. The fourth-order valence-electron chi connectivity index (χ4n) is 1.70. The van der Waals surface area contributed by atoms with Crippen LogP contribution in [0.1, 0.15) is 19.2 Å². The Hall–Kier alpha value is -1.63. The minimum atomic E-state index is -0.129. The summed E-state index contributed by atoms with van der Waals surface area (Å²) in [5, 5.41) is 4.12. The van der Waals surface area contributed by atoms with Crippen LogP contribution in [0.3, 0.4) is 0 Å². The lowest BCUT2D eigenvalue weighted by molar-refractivity contribution is 0.550. The van der Waals surface area contributed by atoms with E-state index in [9.17, 15) is 4.79 Å². The highest BCUT2D eigenvalue weighted by molar-refractivity contribution is 9.10. The molecule has 0 amide bonds. The highest BCUT2D eigenvalue weighted by Crippen LogP contribution is 2.09. The SMILES string of the molecule is CCCn1ncnc1Cn1cc(N)cc(Br)c1=O. The number of aromatic nitrogens is 4. The van der Waals surface area contributed by atoms with Crippen molar-refractivity contribution in [1.82, 2.24) is 19.3 Å². The van der Waals surface area contributed by atoms with Crippen molar-refractivity contribution in [2.24, 2.45) is 0 Å². The smallest absolute Gasteiger partial charge is 0.265 e. The van der Waals surface area contributed by atoms with Crippen LogP contribution in [-0.4, -0.2) is 19.3 Å². The first-order valence-corrected chi connectivity index (χ1v) is 6.43. The second kappa shape index (κ2) is 5.34. The molecular formula is C11H14BrN5O. The quantitative estimate of drug-likeness (QED) is 0.921. The van der Waals surface area contributed by atoms with E-state index in [1.807, 2.05) is 0 Å². The van der Waals surface area contributed by atoms with Crippen molar-refractivity contribution in [3.63, 3.8) is 0 Å². The number of hydrogen-bond acceptors (Lipinski definition) is 4. The second-order valence-corrected chi connectivity index (χ2v) is 4.81. The Balaban J connectivity index is 2.34. The zero-order valence-corrected chi connectivity index (χ0v) is 11.6. The van der Waals surface area contributed by atoms with Crippen molar-refractivity contribution in [3.05, 3.63) is 39.2 Å². The first-order valence-electron chi connectivity index (χ1n) is 5.64. The average Bonchev–Trinajstić information content (AvgIpc) is 2.73. The molecule has 6 nitrogen and oxygen atoms in total. The normalized spacial score (nSPS) is 10.8. The van der Waals surface area contributed by atoms with Crippen LogP contribution in [-0.2, 0) is 13.1 Å². The lowest BCUT2D eigenvalue weighted by atomic mass is 10.4. The molecule has 0 aliphatic heterocycles. The third-order valence-corrected chi connectivity index (χ3v) is 3.07. The standard InChI is InChI=1S/C11H14BrN5O/c1-2-3-17-10(14-7-15-17)6-16-5-8(13)4-9(12)11(16)18/h4-5,7H,2-3,6,13H2,1H3. The van der Waals surface area contributed by atoms with E-state index in [4.69, 9.17) is 5.73 Å². The largest absolute Gasteiger partial charge is 0.398 e. The van der Waals surface area contributed by atoms with Gasteiger partial charge < -0.3 is 10.3 Å². The van der Waals surface area contributed by atoms with E-state index in [0.717, 1.165) is 18.8 Å². The van der Waals surface area contributed by atoms with Gasteiger partial charge in [0.1, 0.15) is 12.2 Å². The van der Waals surface area contributed by atoms with Crippen LogP contribution in [0, 0.1) is 0 Å². The Labute approximate surface area is 113 Å². The highest BCUT2D eigenvalue weighted by atomic mass is 79.9. The molecule has 0 radical (unpaired) electrons. The maximum atomic E-state index is 11.9. The summed E-state index contributed by atoms with van der Waals surface area (Å²) >= 11 is 3.19. The average molecular weight is 312 g/mol. The van der Waals surface area contributed by atoms with Crippen molar-refractivity contribution in [1.29, 1.82) is 0 Å². The molecule has 7 heteroatoms. The van der Waals surface area contributed by atoms with Crippen LogP contribution in [0.25, 0.3) is 0 Å². The fourth-order valence-corrected chi connectivity index (χ4v) is 2.19. The summed E-state index contributed by atoms with van der Waals surface area (Å²) in [6.07, 6.45) is 4.07. The molecule has 0 aliphatic rings. The summed E-state index contributed by atoms with van der Waals surface area (Å²) < 4.78 is 3.77. The van der Waals surface area contributed by atoms with Gasteiger partial charge in [0.05, 0.1) is 11.0 Å². The number of nitrogens with zero attached hydrogens (tertiary/aromatic N) is 4. The lowest BCUT2D eigenvalue weighted by Gasteiger charge is -2.08. The summed E-state index contributed by atoms with van der Waals surface area (Å²) in [4.78, 5) is 16.1. The van der Waals surface area contributed by atoms with E-state index in [1.165, 1.54) is 10.9 Å². The summed E-state index contributed by atoms with van der Waals surface area (Å²) in [6.45, 7) is 3.21. The first kappa shape index (κ1) is 12.8. The van der Waals surface area contributed by atoms with Gasteiger partial charge in [-0.15, -0.1) is 0 Å². The molecule has 0 atom stereocenters. The number of nitrogen functional groups attached to an aromatic ring is 1. The van der Waals surface area contributed by atoms with E-state index >= 15 is 0 Å². The van der Waals surface area contributed by atoms with Gasteiger partial charge in [0.25, 0.3) is 5.56 Å². The van der Waals surface area contributed by atoms with E-state index in [1.54, 1.807) is 16.9 Å². The maximum Gasteiger partial charge on any atom is 0.265 e. The molecule has 0 aliphatic carbocycles. The minimum absolute atomic E-state index is 0.129. The molecular weight excluding hydrogens is 298 g/mol. The molecule has 2 heterocycles. The molecule has 2 aromatic rings. The molecule has 0 aromatic carbocycles. The van der Waals surface area contributed by atoms with Crippen molar-refractivity contribution in [2.45, 2.75) is 26.4 Å². The Morgan fingerprint density at radius 2 is 2.28 bits per heavy atom. The van der Waals surface area contributed by atoms with Gasteiger partial charge in [-0.1, -0.05) is 6.92 Å². The fraction of sp³-hybridized carbons (Fsp3) is 0.364. The molecule has 0 fully saturated rings. The number of hydrogen-bond donors (Lipinski definition) is 1. The summed E-state index contributed by atoms with van der Waals surface area (Å²) in [6, 6.07) is 1.59.